The van der Waals surface area contributed by atoms with Crippen LogP contribution in [-0.2, 0) is 6.42 Å². The van der Waals surface area contributed by atoms with Crippen molar-refractivity contribution < 1.29 is 18.7 Å². The summed E-state index contributed by atoms with van der Waals surface area (Å²) in [6, 6.07) is 11.1. The minimum atomic E-state index is -0.334. The lowest BCUT2D eigenvalue weighted by atomic mass is 10.1. The van der Waals surface area contributed by atoms with Crippen LogP contribution in [0.4, 0.5) is 4.39 Å². The fourth-order valence-corrected chi connectivity index (χ4v) is 3.00. The van der Waals surface area contributed by atoms with Crippen molar-refractivity contribution >= 4 is 11.8 Å². The van der Waals surface area contributed by atoms with Crippen LogP contribution in [0.3, 0.4) is 0 Å². The number of carbonyl (C=O) groups is 2. The van der Waals surface area contributed by atoms with Crippen molar-refractivity contribution in [1.29, 1.82) is 0 Å². The molecule has 5 heteroatoms. The number of hydrogen-bond donors (Lipinski definition) is 0. The molecule has 2 amide bonds. The molecule has 2 aromatic carbocycles. The van der Waals surface area contributed by atoms with Gasteiger partial charge in [0, 0.05) is 12.0 Å². The van der Waals surface area contributed by atoms with Crippen molar-refractivity contribution in [3.8, 4) is 5.75 Å². The normalized spacial score (nSPS) is 19.1. The van der Waals surface area contributed by atoms with Crippen LogP contribution >= 0.6 is 0 Å². The quantitative estimate of drug-likeness (QED) is 0.800. The van der Waals surface area contributed by atoms with Crippen LogP contribution in [0.1, 0.15) is 26.3 Å². The molecular weight excluding hydrogens is 285 g/mol. The summed E-state index contributed by atoms with van der Waals surface area (Å²) in [5.41, 5.74) is 1.62. The molecule has 110 valence electrons. The molecule has 4 nitrogen and oxygen atoms in total. The maximum atomic E-state index is 13.2. The van der Waals surface area contributed by atoms with Crippen LogP contribution in [0, 0.1) is 5.82 Å². The first-order chi connectivity index (χ1) is 10.6. The van der Waals surface area contributed by atoms with Gasteiger partial charge in [0.25, 0.3) is 11.8 Å². The molecule has 0 saturated heterocycles. The lowest BCUT2D eigenvalue weighted by Gasteiger charge is -2.18. The highest BCUT2D eigenvalue weighted by Gasteiger charge is 2.38. The van der Waals surface area contributed by atoms with Gasteiger partial charge in [-0.15, -0.1) is 0 Å². The number of rotatable bonds is 2. The fraction of sp³-hybridized carbons (Fsp3) is 0.176. The number of halogens is 1. The first kappa shape index (κ1) is 13.0. The molecule has 2 heterocycles. The topological polar surface area (TPSA) is 46.6 Å². The van der Waals surface area contributed by atoms with E-state index in [9.17, 15) is 14.0 Å². The third-order valence-electron chi connectivity index (χ3n) is 4.03. The number of nitrogens with zero attached hydrogens (tertiary/aromatic N) is 1. The Morgan fingerprint density at radius 1 is 1.09 bits per heavy atom. The molecule has 2 aliphatic rings. The number of benzene rings is 2. The summed E-state index contributed by atoms with van der Waals surface area (Å²) in [6.45, 7) is 0.169. The Morgan fingerprint density at radius 2 is 1.77 bits per heavy atom. The van der Waals surface area contributed by atoms with Crippen molar-refractivity contribution in [3.05, 3.63) is 65.0 Å². The van der Waals surface area contributed by atoms with E-state index in [0.29, 0.717) is 23.3 Å². The number of fused-ring (bicyclic) bond motifs is 2. The van der Waals surface area contributed by atoms with Gasteiger partial charge in [-0.1, -0.05) is 12.1 Å². The Morgan fingerprint density at radius 3 is 2.45 bits per heavy atom. The summed E-state index contributed by atoms with van der Waals surface area (Å²) in [5, 5.41) is 0. The second kappa shape index (κ2) is 4.66. The molecule has 2 aromatic rings. The Bertz CT molecular complexity index is 767. The van der Waals surface area contributed by atoms with E-state index < -0.39 is 0 Å². The van der Waals surface area contributed by atoms with Crippen molar-refractivity contribution in [2.24, 2.45) is 0 Å². The number of amides is 2. The predicted molar refractivity (Wildman–Crippen MR) is 76.3 cm³/mol. The lowest BCUT2D eigenvalue weighted by molar-refractivity contribution is 0.0587. The highest BCUT2D eigenvalue weighted by molar-refractivity contribution is 6.21. The largest absolute Gasteiger partial charge is 0.488 e. The SMILES string of the molecule is O=C1c2ccccc2C(=O)N1CC1Cc2cc(F)ccc2O1. The maximum Gasteiger partial charge on any atom is 0.261 e. The van der Waals surface area contributed by atoms with E-state index in [4.69, 9.17) is 4.74 Å². The first-order valence-corrected chi connectivity index (χ1v) is 7.04. The van der Waals surface area contributed by atoms with Gasteiger partial charge in [-0.25, -0.2) is 4.39 Å². The molecular formula is C17H12FNO3. The molecule has 1 atom stereocenters. The smallest absolute Gasteiger partial charge is 0.261 e. The summed E-state index contributed by atoms with van der Waals surface area (Å²) in [4.78, 5) is 25.8. The monoisotopic (exact) mass is 297 g/mol. The average molecular weight is 297 g/mol. The van der Waals surface area contributed by atoms with E-state index in [-0.39, 0.29) is 30.3 Å². The van der Waals surface area contributed by atoms with Crippen LogP contribution in [0.25, 0.3) is 0 Å². The van der Waals surface area contributed by atoms with Gasteiger partial charge < -0.3 is 4.74 Å². The Hall–Kier alpha value is -2.69. The summed E-state index contributed by atoms with van der Waals surface area (Å²) < 4.78 is 18.9. The van der Waals surface area contributed by atoms with Crippen molar-refractivity contribution in [2.45, 2.75) is 12.5 Å². The summed E-state index contributed by atoms with van der Waals surface area (Å²) in [7, 11) is 0. The van der Waals surface area contributed by atoms with Crippen LogP contribution in [0.15, 0.2) is 42.5 Å². The molecule has 0 radical (unpaired) electrons. The Balaban J connectivity index is 1.55. The van der Waals surface area contributed by atoms with E-state index >= 15 is 0 Å². The van der Waals surface area contributed by atoms with Gasteiger partial charge in [-0.05, 0) is 30.3 Å². The predicted octanol–water partition coefficient (Wildman–Crippen LogP) is 2.43. The fourth-order valence-electron chi connectivity index (χ4n) is 3.00. The highest BCUT2D eigenvalue weighted by atomic mass is 19.1. The molecule has 4 rings (SSSR count). The number of carbonyl (C=O) groups excluding carboxylic acids is 2. The molecule has 1 unspecified atom stereocenters. The minimum absolute atomic E-state index is 0.169. The molecule has 2 aliphatic heterocycles. The molecule has 0 aliphatic carbocycles. The van der Waals surface area contributed by atoms with E-state index in [1.807, 2.05) is 0 Å². The highest BCUT2D eigenvalue weighted by Crippen LogP contribution is 2.31. The molecule has 0 spiro atoms. The molecule has 22 heavy (non-hydrogen) atoms. The van der Waals surface area contributed by atoms with E-state index in [2.05, 4.69) is 0 Å². The number of ether oxygens (including phenoxy) is 1. The van der Waals surface area contributed by atoms with Gasteiger partial charge in [0.2, 0.25) is 0 Å². The Labute approximate surface area is 126 Å². The zero-order valence-electron chi connectivity index (χ0n) is 11.6. The van der Waals surface area contributed by atoms with E-state index in [1.54, 1.807) is 30.3 Å². The van der Waals surface area contributed by atoms with Crippen molar-refractivity contribution in [1.82, 2.24) is 4.90 Å². The van der Waals surface area contributed by atoms with E-state index in [0.717, 1.165) is 5.56 Å². The standard InChI is InChI=1S/C17H12FNO3/c18-11-5-6-15-10(7-11)8-12(22-15)9-19-16(20)13-3-1-2-4-14(13)17(19)21/h1-7,12H,8-9H2. The van der Waals surface area contributed by atoms with Gasteiger partial charge in [-0.2, -0.15) is 0 Å². The van der Waals surface area contributed by atoms with Crippen LogP contribution in [0.2, 0.25) is 0 Å². The molecule has 0 saturated carbocycles. The van der Waals surface area contributed by atoms with Crippen LogP contribution in [0.5, 0.6) is 5.75 Å². The molecule has 0 bridgehead atoms. The Kier molecular flexibility index (Phi) is 2.76. The zero-order valence-corrected chi connectivity index (χ0v) is 11.6. The van der Waals surface area contributed by atoms with Crippen LogP contribution in [-0.4, -0.2) is 29.4 Å². The molecule has 0 aromatic heterocycles. The average Bonchev–Trinajstić information content (AvgIpc) is 3.02. The van der Waals surface area contributed by atoms with Gasteiger partial charge >= 0.3 is 0 Å². The van der Waals surface area contributed by atoms with Crippen LogP contribution < -0.4 is 4.74 Å². The van der Waals surface area contributed by atoms with Gasteiger partial charge in [0.1, 0.15) is 17.7 Å². The minimum Gasteiger partial charge on any atom is -0.488 e. The van der Waals surface area contributed by atoms with E-state index in [1.165, 1.54) is 17.0 Å². The third-order valence-corrected chi connectivity index (χ3v) is 4.03. The van der Waals surface area contributed by atoms with Crippen molar-refractivity contribution in [3.63, 3.8) is 0 Å². The van der Waals surface area contributed by atoms with Gasteiger partial charge in [0.05, 0.1) is 17.7 Å². The number of imide groups is 1. The lowest BCUT2D eigenvalue weighted by Crippen LogP contribution is -2.38. The summed E-state index contributed by atoms with van der Waals surface area (Å²) in [6.07, 6.45) is 0.152. The van der Waals surface area contributed by atoms with Gasteiger partial charge in [-0.3, -0.25) is 14.5 Å². The molecule has 0 N–H and O–H groups in total. The second-order valence-electron chi connectivity index (χ2n) is 5.46. The third kappa shape index (κ3) is 1.89. The van der Waals surface area contributed by atoms with Gasteiger partial charge in [0.15, 0.2) is 0 Å². The first-order valence-electron chi connectivity index (χ1n) is 7.04. The summed E-state index contributed by atoms with van der Waals surface area (Å²) in [5.74, 6) is -0.301. The number of hydrogen-bond acceptors (Lipinski definition) is 3. The second-order valence-corrected chi connectivity index (χ2v) is 5.46. The van der Waals surface area contributed by atoms with Crippen molar-refractivity contribution in [2.75, 3.05) is 6.54 Å². The maximum absolute atomic E-state index is 13.2. The molecule has 0 fully saturated rings. The summed E-state index contributed by atoms with van der Waals surface area (Å²) >= 11 is 0. The zero-order chi connectivity index (χ0) is 15.3.